The van der Waals surface area contributed by atoms with Crippen molar-refractivity contribution in [1.82, 2.24) is 9.21 Å². The molecule has 4 rings (SSSR count). The zero-order valence-corrected chi connectivity index (χ0v) is 19.2. The van der Waals surface area contributed by atoms with E-state index in [1.54, 1.807) is 42.3 Å². The summed E-state index contributed by atoms with van der Waals surface area (Å²) in [6, 6.07) is 25.4. The summed E-state index contributed by atoms with van der Waals surface area (Å²) in [6.45, 7) is 1.18. The molecule has 1 fully saturated rings. The number of rotatable bonds is 6. The van der Waals surface area contributed by atoms with Crippen LogP contribution in [0.5, 0.6) is 5.75 Å². The van der Waals surface area contributed by atoms with Gasteiger partial charge in [-0.25, -0.2) is 8.42 Å². The monoisotopic (exact) mass is 462 g/mol. The third-order valence-corrected chi connectivity index (χ3v) is 7.56. The number of piperazine rings is 1. The molecule has 0 aliphatic carbocycles. The number of carbonyl (C=O) groups is 1. The lowest BCUT2D eigenvalue weighted by atomic mass is 10.0. The molecule has 1 aliphatic heterocycles. The Morgan fingerprint density at radius 2 is 1.39 bits per heavy atom. The summed E-state index contributed by atoms with van der Waals surface area (Å²) in [4.78, 5) is 15.5. The van der Waals surface area contributed by atoms with Gasteiger partial charge in [0.05, 0.1) is 12.0 Å². The number of hydrogen-bond acceptors (Lipinski definition) is 4. The van der Waals surface area contributed by atoms with Gasteiger partial charge in [0.2, 0.25) is 10.0 Å². The van der Waals surface area contributed by atoms with Gasteiger partial charge in [0.15, 0.2) is 0 Å². The van der Waals surface area contributed by atoms with E-state index >= 15 is 0 Å². The maximum atomic E-state index is 13.5. The molecule has 6 nitrogen and oxygen atoms in total. The maximum absolute atomic E-state index is 13.5. The Morgan fingerprint density at radius 1 is 0.818 bits per heavy atom. The molecule has 0 saturated carbocycles. The number of benzene rings is 3. The van der Waals surface area contributed by atoms with E-state index in [1.165, 1.54) is 4.31 Å². The molecule has 33 heavy (non-hydrogen) atoms. The minimum Gasteiger partial charge on any atom is -0.497 e. The van der Waals surface area contributed by atoms with E-state index in [1.807, 2.05) is 60.7 Å². The van der Waals surface area contributed by atoms with E-state index in [0.717, 1.165) is 16.9 Å². The highest BCUT2D eigenvalue weighted by molar-refractivity contribution is 7.89. The standard InChI is InChI=1S/C26H26N2O4S/c1-32-23-14-12-21(13-15-23)20-25(22-8-4-2-5-9-22)26(29)27-16-18-28(19-17-27)33(30,31)24-10-6-3-7-11-24/h2-15,20H,16-19H2,1H3/b25-20+. The van der Waals surface area contributed by atoms with Gasteiger partial charge in [-0.3, -0.25) is 4.79 Å². The van der Waals surface area contributed by atoms with Gasteiger partial charge in [-0.15, -0.1) is 0 Å². The van der Waals surface area contributed by atoms with Crippen LogP contribution in [0.2, 0.25) is 0 Å². The quantitative estimate of drug-likeness (QED) is 0.413. The number of carbonyl (C=O) groups excluding carboxylic acids is 1. The fraction of sp³-hybridized carbons (Fsp3) is 0.192. The summed E-state index contributed by atoms with van der Waals surface area (Å²) in [5.74, 6) is 0.629. The van der Waals surface area contributed by atoms with Crippen LogP contribution < -0.4 is 4.74 Å². The Hall–Kier alpha value is -3.42. The molecule has 0 N–H and O–H groups in total. The summed E-state index contributed by atoms with van der Waals surface area (Å²) in [6.07, 6.45) is 1.87. The van der Waals surface area contributed by atoms with Crippen molar-refractivity contribution >= 4 is 27.6 Å². The van der Waals surface area contributed by atoms with Gasteiger partial charge in [0.25, 0.3) is 5.91 Å². The van der Waals surface area contributed by atoms with Crippen molar-refractivity contribution in [2.24, 2.45) is 0 Å². The highest BCUT2D eigenvalue weighted by atomic mass is 32.2. The van der Waals surface area contributed by atoms with E-state index in [4.69, 9.17) is 4.74 Å². The van der Waals surface area contributed by atoms with Crippen LogP contribution in [0, 0.1) is 0 Å². The van der Waals surface area contributed by atoms with Crippen LogP contribution in [0.3, 0.4) is 0 Å². The molecule has 170 valence electrons. The Labute approximate surface area is 194 Å². The topological polar surface area (TPSA) is 66.9 Å². The summed E-state index contributed by atoms with van der Waals surface area (Å²) in [5.41, 5.74) is 2.27. The number of amides is 1. The van der Waals surface area contributed by atoms with Gasteiger partial charge in [-0.2, -0.15) is 4.31 Å². The predicted octanol–water partition coefficient (Wildman–Crippen LogP) is 3.77. The third kappa shape index (κ3) is 5.16. The number of methoxy groups -OCH3 is 1. The van der Waals surface area contributed by atoms with E-state index in [9.17, 15) is 13.2 Å². The normalized spacial score (nSPS) is 15.3. The molecule has 1 amide bonds. The van der Waals surface area contributed by atoms with Crippen molar-refractivity contribution in [2.75, 3.05) is 33.3 Å². The van der Waals surface area contributed by atoms with Gasteiger partial charge >= 0.3 is 0 Å². The van der Waals surface area contributed by atoms with Crippen molar-refractivity contribution in [3.8, 4) is 5.75 Å². The maximum Gasteiger partial charge on any atom is 0.254 e. The first-order chi connectivity index (χ1) is 16.0. The van der Waals surface area contributed by atoms with Gasteiger partial charge in [0.1, 0.15) is 5.75 Å². The zero-order valence-electron chi connectivity index (χ0n) is 18.4. The Kier molecular flexibility index (Phi) is 6.91. The fourth-order valence-corrected chi connectivity index (χ4v) is 5.24. The molecule has 1 heterocycles. The fourth-order valence-electron chi connectivity index (χ4n) is 3.80. The Morgan fingerprint density at radius 3 is 1.97 bits per heavy atom. The van der Waals surface area contributed by atoms with Crippen LogP contribution in [-0.4, -0.2) is 56.8 Å². The summed E-state index contributed by atoms with van der Waals surface area (Å²) in [5, 5.41) is 0. The van der Waals surface area contributed by atoms with Crippen molar-refractivity contribution in [3.63, 3.8) is 0 Å². The van der Waals surface area contributed by atoms with Crippen molar-refractivity contribution < 1.29 is 17.9 Å². The minimum absolute atomic E-state index is 0.117. The van der Waals surface area contributed by atoms with Gasteiger partial charge in [0, 0.05) is 31.8 Å². The van der Waals surface area contributed by atoms with E-state index in [-0.39, 0.29) is 23.9 Å². The van der Waals surface area contributed by atoms with Crippen molar-refractivity contribution in [2.45, 2.75) is 4.90 Å². The second-order valence-corrected chi connectivity index (χ2v) is 9.64. The van der Waals surface area contributed by atoms with Crippen LogP contribution in [0.15, 0.2) is 89.8 Å². The number of ether oxygens (including phenoxy) is 1. The number of sulfonamides is 1. The molecule has 0 spiro atoms. The first-order valence-electron chi connectivity index (χ1n) is 10.7. The Bertz CT molecular complexity index is 1220. The van der Waals surface area contributed by atoms with Crippen LogP contribution in [0.1, 0.15) is 11.1 Å². The van der Waals surface area contributed by atoms with Crippen LogP contribution in [0.4, 0.5) is 0 Å². The number of hydrogen-bond donors (Lipinski definition) is 0. The van der Waals surface area contributed by atoms with Crippen molar-refractivity contribution in [1.29, 1.82) is 0 Å². The SMILES string of the molecule is COc1ccc(/C=C(/C(=O)N2CCN(S(=O)(=O)c3ccccc3)CC2)c2ccccc2)cc1. The van der Waals surface area contributed by atoms with Gasteiger partial charge in [-0.05, 0) is 41.5 Å². The lowest BCUT2D eigenvalue weighted by Gasteiger charge is -2.34. The smallest absolute Gasteiger partial charge is 0.254 e. The average Bonchev–Trinajstić information content (AvgIpc) is 2.88. The van der Waals surface area contributed by atoms with Crippen LogP contribution in [0.25, 0.3) is 11.6 Å². The highest BCUT2D eigenvalue weighted by Gasteiger charge is 2.31. The highest BCUT2D eigenvalue weighted by Crippen LogP contribution is 2.24. The molecule has 1 aliphatic rings. The van der Waals surface area contributed by atoms with Crippen molar-refractivity contribution in [3.05, 3.63) is 96.1 Å². The second-order valence-electron chi connectivity index (χ2n) is 7.71. The average molecular weight is 463 g/mol. The molecule has 0 atom stereocenters. The van der Waals surface area contributed by atoms with E-state index in [0.29, 0.717) is 18.7 Å². The first-order valence-corrected chi connectivity index (χ1v) is 12.2. The second kappa shape index (κ2) is 10.0. The first kappa shape index (κ1) is 22.8. The lowest BCUT2D eigenvalue weighted by Crippen LogP contribution is -2.50. The largest absolute Gasteiger partial charge is 0.497 e. The van der Waals surface area contributed by atoms with Crippen LogP contribution in [-0.2, 0) is 14.8 Å². The summed E-state index contributed by atoms with van der Waals surface area (Å²) >= 11 is 0. The molecule has 3 aromatic carbocycles. The zero-order chi connectivity index (χ0) is 23.3. The molecule has 7 heteroatoms. The third-order valence-electron chi connectivity index (χ3n) is 5.65. The molecular formula is C26H26N2O4S. The van der Waals surface area contributed by atoms with Gasteiger partial charge < -0.3 is 9.64 Å². The minimum atomic E-state index is -3.57. The molecule has 0 unspecified atom stereocenters. The molecular weight excluding hydrogens is 436 g/mol. The van der Waals surface area contributed by atoms with Crippen LogP contribution >= 0.6 is 0 Å². The van der Waals surface area contributed by atoms with E-state index < -0.39 is 10.0 Å². The summed E-state index contributed by atoms with van der Waals surface area (Å²) < 4.78 is 32.5. The molecule has 0 aromatic heterocycles. The molecule has 0 bridgehead atoms. The van der Waals surface area contributed by atoms with Gasteiger partial charge in [-0.1, -0.05) is 60.7 Å². The summed E-state index contributed by atoms with van der Waals surface area (Å²) in [7, 11) is -1.96. The number of nitrogens with zero attached hydrogens (tertiary/aromatic N) is 2. The molecule has 3 aromatic rings. The van der Waals surface area contributed by atoms with E-state index in [2.05, 4.69) is 0 Å². The Balaban J connectivity index is 1.54. The predicted molar refractivity (Wildman–Crippen MR) is 129 cm³/mol. The lowest BCUT2D eigenvalue weighted by molar-refractivity contribution is -0.126. The molecule has 0 radical (unpaired) electrons. The molecule has 1 saturated heterocycles.